The third kappa shape index (κ3) is 4.92. The van der Waals surface area contributed by atoms with Gasteiger partial charge in [-0.3, -0.25) is 19.7 Å². The van der Waals surface area contributed by atoms with E-state index < -0.39 is 16.7 Å². The summed E-state index contributed by atoms with van der Waals surface area (Å²) < 4.78 is 0. The molecule has 3 aromatic carbocycles. The summed E-state index contributed by atoms with van der Waals surface area (Å²) in [6.45, 7) is 0. The van der Waals surface area contributed by atoms with Gasteiger partial charge in [-0.05, 0) is 42.5 Å². The summed E-state index contributed by atoms with van der Waals surface area (Å²) in [5.74, 6) is -1.80. The molecule has 8 heteroatoms. The number of benzene rings is 3. The molecule has 0 aliphatic rings. The monoisotopic (exact) mass is 376 g/mol. The van der Waals surface area contributed by atoms with Crippen molar-refractivity contribution in [2.75, 3.05) is 16.0 Å². The Morgan fingerprint density at radius 3 is 1.86 bits per heavy atom. The number of nitro benzene ring substituents is 1. The molecule has 140 valence electrons. The van der Waals surface area contributed by atoms with E-state index in [0.717, 1.165) is 11.4 Å². The third-order valence-corrected chi connectivity index (χ3v) is 3.73. The molecule has 0 heterocycles. The number of nitrogens with zero attached hydrogens (tertiary/aromatic N) is 1. The van der Waals surface area contributed by atoms with Gasteiger partial charge in [0.05, 0.1) is 4.92 Å². The van der Waals surface area contributed by atoms with Crippen molar-refractivity contribution in [3.63, 3.8) is 0 Å². The van der Waals surface area contributed by atoms with Crippen molar-refractivity contribution >= 4 is 40.3 Å². The molecule has 0 spiro atoms. The number of para-hydroxylation sites is 1. The molecule has 0 saturated heterocycles. The van der Waals surface area contributed by atoms with E-state index in [1.807, 2.05) is 30.3 Å². The Bertz CT molecular complexity index is 1000. The van der Waals surface area contributed by atoms with Gasteiger partial charge in [0.2, 0.25) is 0 Å². The lowest BCUT2D eigenvalue weighted by Crippen LogP contribution is -2.29. The molecule has 0 fully saturated rings. The van der Waals surface area contributed by atoms with Crippen molar-refractivity contribution in [2.24, 2.45) is 0 Å². The predicted molar refractivity (Wildman–Crippen MR) is 107 cm³/mol. The molecule has 28 heavy (non-hydrogen) atoms. The van der Waals surface area contributed by atoms with Crippen LogP contribution in [-0.4, -0.2) is 16.7 Å². The lowest BCUT2D eigenvalue weighted by atomic mass is 10.2. The van der Waals surface area contributed by atoms with Crippen molar-refractivity contribution in [1.82, 2.24) is 0 Å². The second-order valence-electron chi connectivity index (χ2n) is 5.78. The summed E-state index contributed by atoms with van der Waals surface area (Å²) >= 11 is 0. The molecule has 0 radical (unpaired) electrons. The second kappa shape index (κ2) is 8.45. The van der Waals surface area contributed by atoms with Crippen LogP contribution in [0.15, 0.2) is 78.9 Å². The molecule has 8 nitrogen and oxygen atoms in total. The number of carbonyl (C=O) groups excluding carboxylic acids is 2. The van der Waals surface area contributed by atoms with Gasteiger partial charge < -0.3 is 16.0 Å². The Morgan fingerprint density at radius 1 is 0.679 bits per heavy atom. The van der Waals surface area contributed by atoms with Crippen LogP contribution in [0.2, 0.25) is 0 Å². The molecule has 0 aliphatic carbocycles. The normalized spacial score (nSPS) is 10.0. The molecular formula is C20H16N4O4. The van der Waals surface area contributed by atoms with Crippen molar-refractivity contribution < 1.29 is 14.5 Å². The molecule has 0 atom stereocenters. The van der Waals surface area contributed by atoms with Crippen LogP contribution in [0, 0.1) is 10.1 Å². The van der Waals surface area contributed by atoms with Crippen molar-refractivity contribution in [3.05, 3.63) is 89.0 Å². The summed E-state index contributed by atoms with van der Waals surface area (Å²) in [5.41, 5.74) is 2.18. The van der Waals surface area contributed by atoms with Crippen LogP contribution >= 0.6 is 0 Å². The maximum Gasteiger partial charge on any atom is 0.314 e. The van der Waals surface area contributed by atoms with Crippen LogP contribution in [0.3, 0.4) is 0 Å². The number of hydrogen-bond acceptors (Lipinski definition) is 5. The molecule has 3 N–H and O–H groups in total. The molecule has 3 aromatic rings. The van der Waals surface area contributed by atoms with E-state index >= 15 is 0 Å². The SMILES string of the molecule is O=C(Nc1ccc(Nc2ccccc2)cc1)C(=O)Nc1cccc([N+](=O)[O-])c1. The van der Waals surface area contributed by atoms with E-state index in [-0.39, 0.29) is 11.4 Å². The average Bonchev–Trinajstić information content (AvgIpc) is 2.70. The van der Waals surface area contributed by atoms with Gasteiger partial charge in [0.1, 0.15) is 0 Å². The lowest BCUT2D eigenvalue weighted by molar-refractivity contribution is -0.384. The van der Waals surface area contributed by atoms with Gasteiger partial charge in [0, 0.05) is 34.9 Å². The first-order valence-electron chi connectivity index (χ1n) is 8.30. The molecule has 3 rings (SSSR count). The minimum absolute atomic E-state index is 0.164. The number of nitro groups is 1. The van der Waals surface area contributed by atoms with Crippen LogP contribution in [0.4, 0.5) is 28.4 Å². The summed E-state index contributed by atoms with van der Waals surface area (Å²) in [5, 5.41) is 18.8. The quantitative estimate of drug-likeness (QED) is 0.355. The van der Waals surface area contributed by atoms with Crippen molar-refractivity contribution in [1.29, 1.82) is 0 Å². The van der Waals surface area contributed by atoms with E-state index in [0.29, 0.717) is 5.69 Å². The number of amides is 2. The molecule has 0 unspecified atom stereocenters. The Balaban J connectivity index is 1.58. The minimum Gasteiger partial charge on any atom is -0.356 e. The molecular weight excluding hydrogens is 360 g/mol. The van der Waals surface area contributed by atoms with E-state index in [4.69, 9.17) is 0 Å². The zero-order chi connectivity index (χ0) is 19.9. The van der Waals surface area contributed by atoms with Crippen molar-refractivity contribution in [3.8, 4) is 0 Å². The fourth-order valence-electron chi connectivity index (χ4n) is 2.40. The van der Waals surface area contributed by atoms with Crippen LogP contribution in [-0.2, 0) is 9.59 Å². The van der Waals surface area contributed by atoms with E-state index in [1.165, 1.54) is 24.3 Å². The number of anilines is 4. The van der Waals surface area contributed by atoms with Gasteiger partial charge in [0.25, 0.3) is 5.69 Å². The van der Waals surface area contributed by atoms with Gasteiger partial charge in [-0.1, -0.05) is 24.3 Å². The van der Waals surface area contributed by atoms with E-state index in [9.17, 15) is 19.7 Å². The van der Waals surface area contributed by atoms with Gasteiger partial charge in [-0.15, -0.1) is 0 Å². The summed E-state index contributed by atoms with van der Waals surface area (Å²) in [6, 6.07) is 21.8. The first-order chi connectivity index (χ1) is 13.5. The smallest absolute Gasteiger partial charge is 0.314 e. The molecule has 0 bridgehead atoms. The van der Waals surface area contributed by atoms with Crippen LogP contribution < -0.4 is 16.0 Å². The first-order valence-corrected chi connectivity index (χ1v) is 8.30. The van der Waals surface area contributed by atoms with Gasteiger partial charge in [-0.2, -0.15) is 0 Å². The molecule has 0 aliphatic heterocycles. The second-order valence-corrected chi connectivity index (χ2v) is 5.78. The highest BCUT2D eigenvalue weighted by atomic mass is 16.6. The summed E-state index contributed by atoms with van der Waals surface area (Å²) in [6.07, 6.45) is 0. The summed E-state index contributed by atoms with van der Waals surface area (Å²) in [4.78, 5) is 34.2. The highest BCUT2D eigenvalue weighted by molar-refractivity contribution is 6.43. The largest absolute Gasteiger partial charge is 0.356 e. The minimum atomic E-state index is -0.924. The van der Waals surface area contributed by atoms with Gasteiger partial charge >= 0.3 is 11.8 Å². The fourth-order valence-corrected chi connectivity index (χ4v) is 2.40. The van der Waals surface area contributed by atoms with Crippen LogP contribution in [0.25, 0.3) is 0 Å². The number of rotatable bonds is 5. The fraction of sp³-hybridized carbons (Fsp3) is 0. The van der Waals surface area contributed by atoms with E-state index in [2.05, 4.69) is 16.0 Å². The number of nitrogens with one attached hydrogen (secondary N) is 3. The number of hydrogen-bond donors (Lipinski definition) is 3. The standard InChI is InChI=1S/C20H16N4O4/c25-19(20(26)23-17-7-4-8-18(13-17)24(27)28)22-16-11-9-15(10-12-16)21-14-5-2-1-3-6-14/h1-13,21H,(H,22,25)(H,23,26). The highest BCUT2D eigenvalue weighted by Crippen LogP contribution is 2.19. The van der Waals surface area contributed by atoms with Crippen LogP contribution in [0.5, 0.6) is 0 Å². The van der Waals surface area contributed by atoms with Gasteiger partial charge in [-0.25, -0.2) is 0 Å². The molecule has 0 saturated carbocycles. The maximum atomic E-state index is 12.0. The zero-order valence-corrected chi connectivity index (χ0v) is 14.6. The lowest BCUT2D eigenvalue weighted by Gasteiger charge is -2.09. The zero-order valence-electron chi connectivity index (χ0n) is 14.6. The molecule has 0 aromatic heterocycles. The Hall–Kier alpha value is -4.20. The van der Waals surface area contributed by atoms with Crippen LogP contribution in [0.1, 0.15) is 0 Å². The maximum absolute atomic E-state index is 12.0. The van der Waals surface area contributed by atoms with Gasteiger partial charge in [0.15, 0.2) is 0 Å². The first kappa shape index (κ1) is 18.6. The third-order valence-electron chi connectivity index (χ3n) is 3.73. The average molecular weight is 376 g/mol. The van der Waals surface area contributed by atoms with E-state index in [1.54, 1.807) is 24.3 Å². The topological polar surface area (TPSA) is 113 Å². The highest BCUT2D eigenvalue weighted by Gasteiger charge is 2.15. The molecule has 2 amide bonds. The predicted octanol–water partition coefficient (Wildman–Crippen LogP) is 3.92. The Kier molecular flexibility index (Phi) is 5.61. The number of non-ortho nitro benzene ring substituents is 1. The number of carbonyl (C=O) groups is 2. The Morgan fingerprint density at radius 2 is 1.21 bits per heavy atom. The Labute approximate surface area is 160 Å². The summed E-state index contributed by atoms with van der Waals surface area (Å²) in [7, 11) is 0. The van der Waals surface area contributed by atoms with Crippen molar-refractivity contribution in [2.45, 2.75) is 0 Å².